The van der Waals surface area contributed by atoms with E-state index in [4.69, 9.17) is 0 Å². The Labute approximate surface area is 116 Å². The van der Waals surface area contributed by atoms with E-state index in [0.717, 1.165) is 5.56 Å². The summed E-state index contributed by atoms with van der Waals surface area (Å²) in [7, 11) is -1.71. The highest BCUT2D eigenvalue weighted by Crippen LogP contribution is 2.23. The van der Waals surface area contributed by atoms with Crippen molar-refractivity contribution in [3.63, 3.8) is 0 Å². The molecule has 0 radical (unpaired) electrons. The molecule has 0 amide bonds. The molecule has 2 rings (SSSR count). The van der Waals surface area contributed by atoms with Crippen LogP contribution in [0.2, 0.25) is 0 Å². The van der Waals surface area contributed by atoms with Gasteiger partial charge >= 0.3 is 0 Å². The lowest BCUT2D eigenvalue weighted by Gasteiger charge is -2.07. The van der Waals surface area contributed by atoms with Gasteiger partial charge in [-0.3, -0.25) is 9.71 Å². The number of pyridine rings is 1. The van der Waals surface area contributed by atoms with Crippen LogP contribution in [0.4, 0.5) is 5.69 Å². The van der Waals surface area contributed by atoms with Gasteiger partial charge in [0.1, 0.15) is 4.21 Å². The van der Waals surface area contributed by atoms with Crippen molar-refractivity contribution in [1.82, 2.24) is 10.3 Å². The van der Waals surface area contributed by atoms with Crippen LogP contribution in [0, 0.1) is 6.92 Å². The normalized spacial score (nSPS) is 11.5. The fourth-order valence-corrected chi connectivity index (χ4v) is 3.90. The van der Waals surface area contributed by atoms with E-state index in [0.29, 0.717) is 22.1 Å². The molecule has 2 heterocycles. The summed E-state index contributed by atoms with van der Waals surface area (Å²) in [6.07, 6.45) is 1.63. The molecule has 0 aromatic carbocycles. The van der Waals surface area contributed by atoms with Crippen molar-refractivity contribution >= 4 is 27.0 Å². The van der Waals surface area contributed by atoms with E-state index in [1.165, 1.54) is 11.3 Å². The average molecular weight is 297 g/mol. The number of anilines is 1. The lowest BCUT2D eigenvalue weighted by molar-refractivity contribution is 0.603. The monoisotopic (exact) mass is 297 g/mol. The summed E-state index contributed by atoms with van der Waals surface area (Å²) in [5.74, 6) is 0. The Morgan fingerprint density at radius 3 is 2.89 bits per heavy atom. The van der Waals surface area contributed by atoms with E-state index < -0.39 is 10.0 Å². The second-order valence-electron chi connectivity index (χ2n) is 4.05. The van der Waals surface area contributed by atoms with Gasteiger partial charge in [-0.1, -0.05) is 0 Å². The first-order valence-corrected chi connectivity index (χ1v) is 8.05. The molecule has 2 N–H and O–H groups in total. The van der Waals surface area contributed by atoms with Gasteiger partial charge in [0.2, 0.25) is 0 Å². The van der Waals surface area contributed by atoms with Crippen LogP contribution in [0.25, 0.3) is 0 Å². The largest absolute Gasteiger partial charge is 0.316 e. The molecule has 19 heavy (non-hydrogen) atoms. The molecule has 0 unspecified atom stereocenters. The van der Waals surface area contributed by atoms with Gasteiger partial charge in [0, 0.05) is 12.7 Å². The molecule has 0 spiro atoms. The molecule has 102 valence electrons. The number of sulfonamides is 1. The van der Waals surface area contributed by atoms with Crippen LogP contribution >= 0.6 is 11.3 Å². The third-order valence-corrected chi connectivity index (χ3v) is 5.38. The zero-order valence-electron chi connectivity index (χ0n) is 10.7. The smallest absolute Gasteiger partial charge is 0.271 e. The molecule has 2 aromatic heterocycles. The van der Waals surface area contributed by atoms with Gasteiger partial charge < -0.3 is 5.32 Å². The van der Waals surface area contributed by atoms with Gasteiger partial charge in [-0.05, 0) is 43.1 Å². The number of thiophene rings is 1. The van der Waals surface area contributed by atoms with E-state index in [2.05, 4.69) is 15.0 Å². The van der Waals surface area contributed by atoms with Crippen molar-refractivity contribution in [3.05, 3.63) is 41.0 Å². The van der Waals surface area contributed by atoms with Crippen LogP contribution in [0.1, 0.15) is 11.3 Å². The molecule has 0 aliphatic heterocycles. The topological polar surface area (TPSA) is 71.1 Å². The summed E-state index contributed by atoms with van der Waals surface area (Å²) in [5.41, 5.74) is 2.11. The number of nitrogens with one attached hydrogen (secondary N) is 2. The minimum atomic E-state index is -3.53. The quantitative estimate of drug-likeness (QED) is 0.885. The van der Waals surface area contributed by atoms with Crippen LogP contribution in [-0.2, 0) is 16.6 Å². The fourth-order valence-electron chi connectivity index (χ4n) is 1.58. The molecule has 5 nitrogen and oxygen atoms in total. The summed E-state index contributed by atoms with van der Waals surface area (Å²) in [5, 5.41) is 4.82. The van der Waals surface area contributed by atoms with Crippen molar-refractivity contribution in [3.8, 4) is 0 Å². The number of hydrogen-bond acceptors (Lipinski definition) is 5. The SMILES string of the molecule is CNCc1csc(S(=O)(=O)Nc2cccnc2C)c1. The lowest BCUT2D eigenvalue weighted by atomic mass is 10.3. The Hall–Kier alpha value is -1.44. The second-order valence-corrected chi connectivity index (χ2v) is 6.87. The van der Waals surface area contributed by atoms with Crippen LogP contribution in [0.5, 0.6) is 0 Å². The molecule has 0 fully saturated rings. The Bertz CT molecular complexity index is 665. The maximum atomic E-state index is 12.2. The van der Waals surface area contributed by atoms with Crippen LogP contribution in [-0.4, -0.2) is 20.4 Å². The van der Waals surface area contributed by atoms with Gasteiger partial charge in [0.25, 0.3) is 10.0 Å². The maximum Gasteiger partial charge on any atom is 0.271 e. The van der Waals surface area contributed by atoms with Gasteiger partial charge in [0.15, 0.2) is 0 Å². The zero-order chi connectivity index (χ0) is 13.9. The first-order chi connectivity index (χ1) is 9.03. The minimum Gasteiger partial charge on any atom is -0.316 e. The van der Waals surface area contributed by atoms with Crippen molar-refractivity contribution in [2.75, 3.05) is 11.8 Å². The maximum absolute atomic E-state index is 12.2. The van der Waals surface area contributed by atoms with Gasteiger partial charge in [0.05, 0.1) is 11.4 Å². The molecule has 0 aliphatic carbocycles. The van der Waals surface area contributed by atoms with Gasteiger partial charge in [-0.25, -0.2) is 8.42 Å². The molecule has 0 atom stereocenters. The molecular formula is C12H15N3O2S2. The van der Waals surface area contributed by atoms with E-state index in [-0.39, 0.29) is 0 Å². The molecule has 0 saturated heterocycles. The number of rotatable bonds is 5. The first kappa shape index (κ1) is 14.0. The Kier molecular flexibility index (Phi) is 4.18. The van der Waals surface area contributed by atoms with E-state index in [1.54, 1.807) is 31.3 Å². The summed E-state index contributed by atoms with van der Waals surface area (Å²) >= 11 is 1.21. The van der Waals surface area contributed by atoms with Gasteiger partial charge in [-0.15, -0.1) is 11.3 Å². The van der Waals surface area contributed by atoms with Crippen molar-refractivity contribution in [2.45, 2.75) is 17.7 Å². The predicted molar refractivity (Wildman–Crippen MR) is 76.9 cm³/mol. The van der Waals surface area contributed by atoms with Crippen LogP contribution in [0.15, 0.2) is 34.0 Å². The summed E-state index contributed by atoms with van der Waals surface area (Å²) < 4.78 is 27.3. The molecule has 2 aromatic rings. The lowest BCUT2D eigenvalue weighted by Crippen LogP contribution is -2.13. The first-order valence-electron chi connectivity index (χ1n) is 5.69. The third kappa shape index (κ3) is 3.31. The minimum absolute atomic E-state index is 0.306. The Balaban J connectivity index is 2.25. The Morgan fingerprint density at radius 1 is 1.42 bits per heavy atom. The molecule has 0 aliphatic rings. The van der Waals surface area contributed by atoms with Crippen molar-refractivity contribution in [1.29, 1.82) is 0 Å². The standard InChI is InChI=1S/C12H15N3O2S2/c1-9-11(4-3-5-14-9)15-19(16,17)12-6-10(7-13-2)8-18-12/h3-6,8,13,15H,7H2,1-2H3. The number of nitrogens with zero attached hydrogens (tertiary/aromatic N) is 1. The predicted octanol–water partition coefficient (Wildman–Crippen LogP) is 1.97. The van der Waals surface area contributed by atoms with E-state index in [9.17, 15) is 8.42 Å². The summed E-state index contributed by atoms with van der Waals surface area (Å²) in [4.78, 5) is 4.06. The van der Waals surface area contributed by atoms with E-state index in [1.807, 2.05) is 12.4 Å². The Morgan fingerprint density at radius 2 is 2.21 bits per heavy atom. The van der Waals surface area contributed by atoms with Crippen molar-refractivity contribution in [2.24, 2.45) is 0 Å². The molecule has 0 saturated carbocycles. The highest BCUT2D eigenvalue weighted by Gasteiger charge is 2.17. The summed E-state index contributed by atoms with van der Waals surface area (Å²) in [6.45, 7) is 2.41. The fraction of sp³-hybridized carbons (Fsp3) is 0.250. The molecular weight excluding hydrogens is 282 g/mol. The van der Waals surface area contributed by atoms with Gasteiger partial charge in [-0.2, -0.15) is 0 Å². The van der Waals surface area contributed by atoms with E-state index >= 15 is 0 Å². The zero-order valence-corrected chi connectivity index (χ0v) is 12.3. The van der Waals surface area contributed by atoms with Crippen molar-refractivity contribution < 1.29 is 8.42 Å². The van der Waals surface area contributed by atoms with Crippen LogP contribution in [0.3, 0.4) is 0 Å². The third-order valence-electron chi connectivity index (χ3n) is 2.53. The number of aryl methyl sites for hydroxylation is 1. The van der Waals surface area contributed by atoms with Crippen LogP contribution < -0.4 is 10.0 Å². The highest BCUT2D eigenvalue weighted by atomic mass is 32.2. The average Bonchev–Trinajstić information content (AvgIpc) is 2.82. The summed E-state index contributed by atoms with van der Waals surface area (Å²) in [6, 6.07) is 5.07. The highest BCUT2D eigenvalue weighted by molar-refractivity contribution is 7.94. The number of aromatic nitrogens is 1. The number of hydrogen-bond donors (Lipinski definition) is 2. The molecule has 7 heteroatoms. The second kappa shape index (κ2) is 5.68. The molecule has 0 bridgehead atoms.